The molecule has 0 saturated carbocycles. The second kappa shape index (κ2) is 6.53. The summed E-state index contributed by atoms with van der Waals surface area (Å²) in [5, 5.41) is 3.79. The van der Waals surface area contributed by atoms with Crippen LogP contribution in [0, 0.1) is 0 Å². The summed E-state index contributed by atoms with van der Waals surface area (Å²) in [4.78, 5) is 16.7. The number of thiazole rings is 1. The summed E-state index contributed by atoms with van der Waals surface area (Å²) in [7, 11) is 0. The molecular formula is C10H17N3OS. The lowest BCUT2D eigenvalue weighted by molar-refractivity contribution is -0.121. The second-order valence-corrected chi connectivity index (χ2v) is 4.44. The summed E-state index contributed by atoms with van der Waals surface area (Å²) >= 11 is 1.65. The predicted octanol–water partition coefficient (Wildman–Crippen LogP) is 1.06. The fraction of sp³-hybridized carbons (Fsp3) is 0.600. The Kier molecular flexibility index (Phi) is 5.28. The van der Waals surface area contributed by atoms with Gasteiger partial charge < -0.3 is 11.1 Å². The van der Waals surface area contributed by atoms with Crippen LogP contribution in [0.2, 0.25) is 0 Å². The molecule has 84 valence electrons. The van der Waals surface area contributed by atoms with Crippen LogP contribution in [0.3, 0.4) is 0 Å². The van der Waals surface area contributed by atoms with Crippen molar-refractivity contribution >= 4 is 17.2 Å². The Morgan fingerprint density at radius 1 is 1.67 bits per heavy atom. The van der Waals surface area contributed by atoms with E-state index in [-0.39, 0.29) is 5.91 Å². The summed E-state index contributed by atoms with van der Waals surface area (Å²) in [6.45, 7) is 3.19. The molecule has 0 radical (unpaired) electrons. The van der Waals surface area contributed by atoms with E-state index in [0.29, 0.717) is 19.5 Å². The highest BCUT2D eigenvalue weighted by atomic mass is 32.1. The van der Waals surface area contributed by atoms with Gasteiger partial charge in [-0.25, -0.2) is 4.98 Å². The number of nitrogens with two attached hydrogens (primary N) is 1. The molecule has 1 aromatic heterocycles. The average Bonchev–Trinajstić information content (AvgIpc) is 2.71. The molecule has 1 aromatic rings. The van der Waals surface area contributed by atoms with Gasteiger partial charge in [-0.2, -0.15) is 0 Å². The van der Waals surface area contributed by atoms with Crippen molar-refractivity contribution in [2.75, 3.05) is 6.54 Å². The van der Waals surface area contributed by atoms with Gasteiger partial charge in [0, 0.05) is 17.5 Å². The molecule has 0 fully saturated rings. The smallest absolute Gasteiger partial charge is 0.220 e. The number of carbonyl (C=O) groups excluding carboxylic acids is 1. The minimum Gasteiger partial charge on any atom is -0.350 e. The van der Waals surface area contributed by atoms with Gasteiger partial charge in [0.25, 0.3) is 0 Å². The molecule has 1 heterocycles. The third kappa shape index (κ3) is 4.40. The third-order valence-corrected chi connectivity index (χ3v) is 3.14. The summed E-state index contributed by atoms with van der Waals surface area (Å²) < 4.78 is 0. The van der Waals surface area contributed by atoms with Gasteiger partial charge in [-0.05, 0) is 19.4 Å². The number of rotatable bonds is 6. The van der Waals surface area contributed by atoms with E-state index in [0.717, 1.165) is 17.8 Å². The molecule has 0 saturated heterocycles. The molecule has 3 N–H and O–H groups in total. The highest BCUT2D eigenvalue weighted by Gasteiger charge is 2.03. The molecule has 15 heavy (non-hydrogen) atoms. The lowest BCUT2D eigenvalue weighted by Crippen LogP contribution is -2.23. The largest absolute Gasteiger partial charge is 0.350 e. The fourth-order valence-corrected chi connectivity index (χ4v) is 1.92. The van der Waals surface area contributed by atoms with Gasteiger partial charge in [-0.3, -0.25) is 4.79 Å². The number of nitrogens with one attached hydrogen (secondary N) is 1. The zero-order chi connectivity index (χ0) is 11.1. The molecule has 0 aliphatic heterocycles. The van der Waals surface area contributed by atoms with E-state index in [1.165, 1.54) is 4.88 Å². The molecule has 0 spiro atoms. The first kappa shape index (κ1) is 12.1. The van der Waals surface area contributed by atoms with E-state index in [2.05, 4.69) is 17.2 Å². The van der Waals surface area contributed by atoms with E-state index in [1.807, 2.05) is 6.20 Å². The zero-order valence-electron chi connectivity index (χ0n) is 8.95. The number of aromatic nitrogens is 1. The molecular weight excluding hydrogens is 210 g/mol. The monoisotopic (exact) mass is 227 g/mol. The average molecular weight is 227 g/mol. The van der Waals surface area contributed by atoms with E-state index in [9.17, 15) is 4.79 Å². The summed E-state index contributed by atoms with van der Waals surface area (Å²) in [5.74, 6) is 0.0497. The Bertz CT molecular complexity index is 311. The van der Waals surface area contributed by atoms with Crippen LogP contribution in [0.25, 0.3) is 0 Å². The Labute approximate surface area is 93.9 Å². The Morgan fingerprint density at radius 2 is 2.47 bits per heavy atom. The third-order valence-electron chi connectivity index (χ3n) is 1.99. The van der Waals surface area contributed by atoms with Gasteiger partial charge in [-0.1, -0.05) is 6.92 Å². The molecule has 1 amide bonds. The molecule has 0 bridgehead atoms. The minimum atomic E-state index is 0.0497. The lowest BCUT2D eigenvalue weighted by Gasteiger charge is -2.01. The molecule has 0 unspecified atom stereocenters. The predicted molar refractivity (Wildman–Crippen MR) is 61.6 cm³/mol. The second-order valence-electron chi connectivity index (χ2n) is 3.24. The van der Waals surface area contributed by atoms with Crippen LogP contribution < -0.4 is 11.1 Å². The van der Waals surface area contributed by atoms with Crippen LogP contribution in [0.5, 0.6) is 0 Å². The van der Waals surface area contributed by atoms with Crippen LogP contribution >= 0.6 is 11.3 Å². The van der Waals surface area contributed by atoms with Gasteiger partial charge in [0.2, 0.25) is 5.91 Å². The van der Waals surface area contributed by atoms with E-state index in [1.54, 1.807) is 11.3 Å². The molecule has 0 aliphatic carbocycles. The first-order valence-electron chi connectivity index (χ1n) is 5.16. The van der Waals surface area contributed by atoms with Gasteiger partial charge in [0.05, 0.1) is 6.54 Å². The topological polar surface area (TPSA) is 68.0 Å². The molecule has 0 aliphatic rings. The first-order chi connectivity index (χ1) is 7.26. The summed E-state index contributed by atoms with van der Waals surface area (Å²) in [6, 6.07) is 0. The molecule has 1 rings (SSSR count). The van der Waals surface area contributed by atoms with Crippen LogP contribution in [-0.2, 0) is 17.8 Å². The van der Waals surface area contributed by atoms with Crippen molar-refractivity contribution in [1.29, 1.82) is 0 Å². The van der Waals surface area contributed by atoms with E-state index < -0.39 is 0 Å². The maximum Gasteiger partial charge on any atom is 0.220 e. The van der Waals surface area contributed by atoms with Crippen molar-refractivity contribution in [3.63, 3.8) is 0 Å². The molecule has 5 heteroatoms. The van der Waals surface area contributed by atoms with Crippen molar-refractivity contribution in [2.24, 2.45) is 5.73 Å². The van der Waals surface area contributed by atoms with Crippen molar-refractivity contribution in [3.05, 3.63) is 16.1 Å². The minimum absolute atomic E-state index is 0.0497. The maximum atomic E-state index is 11.3. The van der Waals surface area contributed by atoms with Gasteiger partial charge in [0.15, 0.2) is 0 Å². The number of hydrogen-bond acceptors (Lipinski definition) is 4. The molecule has 0 atom stereocenters. The van der Waals surface area contributed by atoms with E-state index >= 15 is 0 Å². The lowest BCUT2D eigenvalue weighted by atomic mass is 10.3. The van der Waals surface area contributed by atoms with Gasteiger partial charge in [-0.15, -0.1) is 11.3 Å². The number of aryl methyl sites for hydroxylation is 1. The summed E-state index contributed by atoms with van der Waals surface area (Å²) in [6.07, 6.45) is 4.11. The van der Waals surface area contributed by atoms with Crippen molar-refractivity contribution in [2.45, 2.75) is 32.7 Å². The van der Waals surface area contributed by atoms with Crippen LogP contribution in [0.1, 0.15) is 29.7 Å². The first-order valence-corrected chi connectivity index (χ1v) is 5.98. The maximum absolute atomic E-state index is 11.3. The number of amides is 1. The number of hydrogen-bond donors (Lipinski definition) is 2. The number of nitrogens with zero attached hydrogens (tertiary/aromatic N) is 1. The normalized spacial score (nSPS) is 10.3. The van der Waals surface area contributed by atoms with Gasteiger partial charge in [0.1, 0.15) is 5.01 Å². The Hall–Kier alpha value is -0.940. The molecule has 0 aromatic carbocycles. The van der Waals surface area contributed by atoms with Crippen molar-refractivity contribution in [1.82, 2.24) is 10.3 Å². The Morgan fingerprint density at radius 3 is 3.07 bits per heavy atom. The quantitative estimate of drug-likeness (QED) is 0.763. The van der Waals surface area contributed by atoms with Crippen LogP contribution in [0.15, 0.2) is 6.20 Å². The van der Waals surface area contributed by atoms with Crippen molar-refractivity contribution < 1.29 is 4.79 Å². The summed E-state index contributed by atoms with van der Waals surface area (Å²) in [5.41, 5.74) is 5.32. The highest BCUT2D eigenvalue weighted by Crippen LogP contribution is 2.12. The SMILES string of the molecule is CCc1cnc(CNC(=O)CCCN)s1. The van der Waals surface area contributed by atoms with Crippen LogP contribution in [-0.4, -0.2) is 17.4 Å². The number of carbonyl (C=O) groups is 1. The highest BCUT2D eigenvalue weighted by molar-refractivity contribution is 7.11. The Balaban J connectivity index is 2.27. The standard InChI is InChI=1S/C10H17N3OS/c1-2-8-6-13-10(15-8)7-12-9(14)4-3-5-11/h6H,2-5,7,11H2,1H3,(H,12,14). The molecule has 4 nitrogen and oxygen atoms in total. The van der Waals surface area contributed by atoms with Crippen molar-refractivity contribution in [3.8, 4) is 0 Å². The fourth-order valence-electron chi connectivity index (χ4n) is 1.12. The van der Waals surface area contributed by atoms with Crippen LogP contribution in [0.4, 0.5) is 0 Å². The van der Waals surface area contributed by atoms with Gasteiger partial charge >= 0.3 is 0 Å². The van der Waals surface area contributed by atoms with E-state index in [4.69, 9.17) is 5.73 Å². The zero-order valence-corrected chi connectivity index (χ0v) is 9.77.